The zero-order valence-electron chi connectivity index (χ0n) is 9.52. The lowest BCUT2D eigenvalue weighted by Gasteiger charge is -2.22. The zero-order valence-corrected chi connectivity index (χ0v) is 10.3. The van der Waals surface area contributed by atoms with E-state index in [0.717, 1.165) is 13.1 Å². The Morgan fingerprint density at radius 2 is 1.88 bits per heavy atom. The second-order valence-electron chi connectivity index (χ2n) is 4.35. The van der Waals surface area contributed by atoms with Gasteiger partial charge in [0.25, 0.3) is 0 Å². The van der Waals surface area contributed by atoms with Crippen molar-refractivity contribution >= 4 is 9.84 Å². The van der Waals surface area contributed by atoms with Crippen molar-refractivity contribution in [3.63, 3.8) is 0 Å². The van der Waals surface area contributed by atoms with E-state index in [9.17, 15) is 12.8 Å². The van der Waals surface area contributed by atoms with Crippen LogP contribution in [0.1, 0.15) is 18.4 Å². The number of sulfone groups is 1. The van der Waals surface area contributed by atoms with Crippen molar-refractivity contribution in [2.75, 3.05) is 13.1 Å². The van der Waals surface area contributed by atoms with Gasteiger partial charge in [0.2, 0.25) is 0 Å². The molecular weight excluding hydrogens is 241 g/mol. The molecule has 0 radical (unpaired) electrons. The monoisotopic (exact) mass is 257 g/mol. The van der Waals surface area contributed by atoms with Crippen LogP contribution in [0.4, 0.5) is 4.39 Å². The lowest BCUT2D eigenvalue weighted by molar-refractivity contribution is 0.495. The van der Waals surface area contributed by atoms with Crippen molar-refractivity contribution in [2.24, 2.45) is 0 Å². The lowest BCUT2D eigenvalue weighted by Crippen LogP contribution is -2.36. The summed E-state index contributed by atoms with van der Waals surface area (Å²) in [5.74, 6) is -0.630. The van der Waals surface area contributed by atoms with Gasteiger partial charge in [-0.15, -0.1) is 0 Å². The van der Waals surface area contributed by atoms with E-state index >= 15 is 0 Å². The fraction of sp³-hybridized carbons (Fsp3) is 0.500. The van der Waals surface area contributed by atoms with E-state index in [1.54, 1.807) is 12.1 Å². The fourth-order valence-electron chi connectivity index (χ4n) is 2.10. The molecule has 1 aliphatic heterocycles. The number of nitrogens with one attached hydrogen (secondary N) is 1. The molecule has 1 heterocycles. The van der Waals surface area contributed by atoms with E-state index in [1.165, 1.54) is 12.1 Å². The first-order valence-corrected chi connectivity index (χ1v) is 7.47. The minimum absolute atomic E-state index is 0.190. The second-order valence-corrected chi connectivity index (χ2v) is 6.63. The van der Waals surface area contributed by atoms with E-state index in [1.807, 2.05) is 0 Å². The Kier molecular flexibility index (Phi) is 3.79. The number of piperidine rings is 1. The summed E-state index contributed by atoms with van der Waals surface area (Å²) in [5.41, 5.74) is 0.269. The van der Waals surface area contributed by atoms with Gasteiger partial charge in [-0.2, -0.15) is 0 Å². The largest absolute Gasteiger partial charge is 0.317 e. The number of hydrogen-bond acceptors (Lipinski definition) is 3. The van der Waals surface area contributed by atoms with Gasteiger partial charge in [-0.25, -0.2) is 12.8 Å². The number of rotatable bonds is 3. The first-order chi connectivity index (χ1) is 8.09. The van der Waals surface area contributed by atoms with Crippen LogP contribution in [0.25, 0.3) is 0 Å². The third-order valence-corrected chi connectivity index (χ3v) is 5.31. The molecular formula is C12H16FNO2S. The average Bonchev–Trinajstić information content (AvgIpc) is 2.33. The summed E-state index contributed by atoms with van der Waals surface area (Å²) >= 11 is 0. The van der Waals surface area contributed by atoms with Crippen LogP contribution in [-0.4, -0.2) is 26.8 Å². The first-order valence-electron chi connectivity index (χ1n) is 5.75. The number of halogens is 1. The molecule has 0 aromatic heterocycles. The molecule has 3 nitrogen and oxygen atoms in total. The molecule has 0 saturated carbocycles. The summed E-state index contributed by atoms with van der Waals surface area (Å²) in [6, 6.07) is 6.06. The van der Waals surface area contributed by atoms with Crippen LogP contribution in [0.2, 0.25) is 0 Å². The van der Waals surface area contributed by atoms with E-state index in [2.05, 4.69) is 5.32 Å². The van der Waals surface area contributed by atoms with Gasteiger partial charge in [0.15, 0.2) is 9.84 Å². The smallest absolute Gasteiger partial charge is 0.157 e. The van der Waals surface area contributed by atoms with Crippen molar-refractivity contribution in [1.29, 1.82) is 0 Å². The van der Waals surface area contributed by atoms with Crippen LogP contribution in [0, 0.1) is 5.82 Å². The highest BCUT2D eigenvalue weighted by molar-refractivity contribution is 7.91. The van der Waals surface area contributed by atoms with Crippen molar-refractivity contribution < 1.29 is 12.8 Å². The molecule has 1 aliphatic rings. The predicted molar refractivity (Wildman–Crippen MR) is 64.9 cm³/mol. The molecule has 94 valence electrons. The number of benzene rings is 1. The predicted octanol–water partition coefficient (Wildman–Crippen LogP) is 1.49. The van der Waals surface area contributed by atoms with Gasteiger partial charge in [0.1, 0.15) is 5.82 Å². The molecule has 1 aromatic rings. The standard InChI is InChI=1S/C12H16FNO2S/c13-12-4-2-1-3-10(12)9-17(15,16)11-5-7-14-8-6-11/h1-4,11,14H,5-9H2. The lowest BCUT2D eigenvalue weighted by atomic mass is 10.2. The van der Waals surface area contributed by atoms with Crippen molar-refractivity contribution in [3.8, 4) is 0 Å². The van der Waals surface area contributed by atoms with Crippen molar-refractivity contribution in [1.82, 2.24) is 5.32 Å². The third kappa shape index (κ3) is 3.04. The molecule has 1 saturated heterocycles. The second kappa shape index (κ2) is 5.14. The molecule has 1 fully saturated rings. The Morgan fingerprint density at radius 1 is 1.24 bits per heavy atom. The summed E-state index contributed by atoms with van der Waals surface area (Å²) in [5, 5.41) is 2.79. The Bertz CT molecular complexity index is 481. The minimum atomic E-state index is -3.24. The quantitative estimate of drug-likeness (QED) is 0.892. The maximum absolute atomic E-state index is 13.4. The SMILES string of the molecule is O=S(=O)(Cc1ccccc1F)C1CCNCC1. The average molecular weight is 257 g/mol. The molecule has 0 aliphatic carbocycles. The van der Waals surface area contributed by atoms with Gasteiger partial charge in [-0.05, 0) is 32.0 Å². The molecule has 0 spiro atoms. The summed E-state index contributed by atoms with van der Waals surface area (Å²) < 4.78 is 37.6. The van der Waals surface area contributed by atoms with Gasteiger partial charge in [-0.3, -0.25) is 0 Å². The Morgan fingerprint density at radius 3 is 2.53 bits per heavy atom. The highest BCUT2D eigenvalue weighted by Crippen LogP contribution is 2.19. The van der Waals surface area contributed by atoms with Crippen LogP contribution < -0.4 is 5.32 Å². The van der Waals surface area contributed by atoms with Gasteiger partial charge >= 0.3 is 0 Å². The van der Waals surface area contributed by atoms with Crippen LogP contribution >= 0.6 is 0 Å². The zero-order chi connectivity index (χ0) is 12.3. The van der Waals surface area contributed by atoms with Gasteiger partial charge in [0, 0.05) is 5.56 Å². The summed E-state index contributed by atoms with van der Waals surface area (Å²) in [6.45, 7) is 1.45. The molecule has 2 rings (SSSR count). The Balaban J connectivity index is 2.14. The van der Waals surface area contributed by atoms with E-state index < -0.39 is 15.7 Å². The van der Waals surface area contributed by atoms with E-state index in [4.69, 9.17) is 0 Å². The summed E-state index contributed by atoms with van der Waals surface area (Å²) in [7, 11) is -3.24. The van der Waals surface area contributed by atoms with E-state index in [0.29, 0.717) is 12.8 Å². The topological polar surface area (TPSA) is 46.2 Å². The van der Waals surface area contributed by atoms with Crippen LogP contribution in [0.3, 0.4) is 0 Å². The highest BCUT2D eigenvalue weighted by Gasteiger charge is 2.27. The number of hydrogen-bond donors (Lipinski definition) is 1. The third-order valence-electron chi connectivity index (χ3n) is 3.11. The van der Waals surface area contributed by atoms with Crippen LogP contribution in [-0.2, 0) is 15.6 Å². The van der Waals surface area contributed by atoms with E-state index in [-0.39, 0.29) is 16.6 Å². The Hall–Kier alpha value is -0.940. The molecule has 1 aromatic carbocycles. The summed E-state index contributed by atoms with van der Waals surface area (Å²) in [4.78, 5) is 0. The van der Waals surface area contributed by atoms with Gasteiger partial charge < -0.3 is 5.32 Å². The van der Waals surface area contributed by atoms with Crippen molar-refractivity contribution in [3.05, 3.63) is 35.6 Å². The fourth-order valence-corrected chi connectivity index (χ4v) is 3.96. The normalized spacial score (nSPS) is 18.2. The maximum Gasteiger partial charge on any atom is 0.157 e. The summed E-state index contributed by atoms with van der Waals surface area (Å²) in [6.07, 6.45) is 1.24. The first kappa shape index (κ1) is 12.5. The highest BCUT2D eigenvalue weighted by atomic mass is 32.2. The Labute approximate surface area is 101 Å². The molecule has 0 bridgehead atoms. The minimum Gasteiger partial charge on any atom is -0.317 e. The van der Waals surface area contributed by atoms with Crippen LogP contribution in [0.5, 0.6) is 0 Å². The van der Waals surface area contributed by atoms with Crippen molar-refractivity contribution in [2.45, 2.75) is 23.8 Å². The maximum atomic E-state index is 13.4. The molecule has 0 unspecified atom stereocenters. The van der Waals surface area contributed by atoms with Crippen LogP contribution in [0.15, 0.2) is 24.3 Å². The van der Waals surface area contributed by atoms with Gasteiger partial charge in [0.05, 0.1) is 11.0 Å². The molecule has 5 heteroatoms. The molecule has 0 amide bonds. The molecule has 17 heavy (non-hydrogen) atoms. The molecule has 0 atom stereocenters. The molecule has 1 N–H and O–H groups in total. The van der Waals surface area contributed by atoms with Gasteiger partial charge in [-0.1, -0.05) is 18.2 Å².